The van der Waals surface area contributed by atoms with Gasteiger partial charge in [-0.05, 0) is 31.9 Å². The molecular formula is C12H16ClN3. The predicted molar refractivity (Wildman–Crippen MR) is 66.3 cm³/mol. The summed E-state index contributed by atoms with van der Waals surface area (Å²) in [6, 6.07) is 3.17. The van der Waals surface area contributed by atoms with Crippen molar-refractivity contribution < 1.29 is 0 Å². The number of aryl methyl sites for hydroxylation is 1. The number of hydrogen-bond acceptors (Lipinski definition) is 3. The zero-order valence-electron chi connectivity index (χ0n) is 9.63. The number of pyridine rings is 1. The van der Waals surface area contributed by atoms with Crippen LogP contribution in [0.5, 0.6) is 0 Å². The van der Waals surface area contributed by atoms with Crippen molar-refractivity contribution in [3.63, 3.8) is 0 Å². The van der Waals surface area contributed by atoms with Crippen LogP contribution in [0.3, 0.4) is 0 Å². The zero-order chi connectivity index (χ0) is 11.3. The van der Waals surface area contributed by atoms with Gasteiger partial charge in [0.25, 0.3) is 0 Å². The summed E-state index contributed by atoms with van der Waals surface area (Å²) in [5.74, 6) is 1.15. The zero-order valence-corrected chi connectivity index (χ0v) is 10.4. The molecule has 0 radical (unpaired) electrons. The van der Waals surface area contributed by atoms with Crippen LogP contribution in [0, 0.1) is 6.92 Å². The molecule has 2 atom stereocenters. The van der Waals surface area contributed by atoms with E-state index in [1.807, 2.05) is 6.92 Å². The second-order valence-corrected chi connectivity index (χ2v) is 5.22. The summed E-state index contributed by atoms with van der Waals surface area (Å²) < 4.78 is 0. The van der Waals surface area contributed by atoms with Gasteiger partial charge in [0.1, 0.15) is 5.82 Å². The highest BCUT2D eigenvalue weighted by atomic mass is 35.5. The summed E-state index contributed by atoms with van der Waals surface area (Å²) in [6.07, 6.45) is 1.07. The number of halogens is 1. The molecule has 0 amide bonds. The van der Waals surface area contributed by atoms with E-state index in [2.05, 4.69) is 28.2 Å². The Kier molecular flexibility index (Phi) is 2.33. The van der Waals surface area contributed by atoms with Gasteiger partial charge in [-0.3, -0.25) is 0 Å². The van der Waals surface area contributed by atoms with E-state index in [9.17, 15) is 0 Å². The lowest BCUT2D eigenvalue weighted by Gasteiger charge is -2.37. The Morgan fingerprint density at radius 3 is 3.12 bits per heavy atom. The number of rotatable bonds is 0. The van der Waals surface area contributed by atoms with Crippen LogP contribution >= 0.6 is 11.6 Å². The monoisotopic (exact) mass is 237 g/mol. The molecule has 16 heavy (non-hydrogen) atoms. The van der Waals surface area contributed by atoms with Crippen LogP contribution in [-0.4, -0.2) is 30.2 Å². The smallest absolute Gasteiger partial charge is 0.132 e. The SMILES string of the molecule is Cc1nc2c(cc1Cl)C[C@@H]1CNC[C@@H](C)N21. The third-order valence-corrected chi connectivity index (χ3v) is 3.98. The van der Waals surface area contributed by atoms with Crippen LogP contribution in [0.15, 0.2) is 6.07 Å². The van der Waals surface area contributed by atoms with Gasteiger partial charge in [0.05, 0.1) is 10.7 Å². The fourth-order valence-corrected chi connectivity index (χ4v) is 2.98. The quantitative estimate of drug-likeness (QED) is 0.746. The Morgan fingerprint density at radius 2 is 2.31 bits per heavy atom. The van der Waals surface area contributed by atoms with Gasteiger partial charge in [-0.1, -0.05) is 11.6 Å². The largest absolute Gasteiger partial charge is 0.348 e. The maximum absolute atomic E-state index is 6.13. The van der Waals surface area contributed by atoms with Gasteiger partial charge in [-0.2, -0.15) is 0 Å². The number of piperazine rings is 1. The minimum Gasteiger partial charge on any atom is -0.348 e. The van der Waals surface area contributed by atoms with Crippen LogP contribution in [0.1, 0.15) is 18.2 Å². The van der Waals surface area contributed by atoms with Crippen molar-refractivity contribution in [2.75, 3.05) is 18.0 Å². The second-order valence-electron chi connectivity index (χ2n) is 4.81. The molecule has 3 nitrogen and oxygen atoms in total. The Labute approximate surface area is 101 Å². The molecule has 1 saturated heterocycles. The fraction of sp³-hybridized carbons (Fsp3) is 0.583. The molecule has 0 spiro atoms. The van der Waals surface area contributed by atoms with E-state index < -0.39 is 0 Å². The van der Waals surface area contributed by atoms with Gasteiger partial charge in [0, 0.05) is 25.2 Å². The van der Waals surface area contributed by atoms with Gasteiger partial charge >= 0.3 is 0 Å². The average molecular weight is 238 g/mol. The van der Waals surface area contributed by atoms with Gasteiger partial charge < -0.3 is 10.2 Å². The van der Waals surface area contributed by atoms with Crippen LogP contribution in [0.25, 0.3) is 0 Å². The van der Waals surface area contributed by atoms with E-state index in [1.165, 1.54) is 5.56 Å². The van der Waals surface area contributed by atoms with E-state index in [0.717, 1.165) is 36.0 Å². The molecule has 86 valence electrons. The van der Waals surface area contributed by atoms with Gasteiger partial charge in [-0.25, -0.2) is 4.98 Å². The topological polar surface area (TPSA) is 28.2 Å². The first-order valence-corrected chi connectivity index (χ1v) is 6.19. The first kappa shape index (κ1) is 10.4. The highest BCUT2D eigenvalue weighted by molar-refractivity contribution is 6.31. The number of nitrogens with one attached hydrogen (secondary N) is 1. The highest BCUT2D eigenvalue weighted by Gasteiger charge is 2.36. The van der Waals surface area contributed by atoms with Crippen molar-refractivity contribution in [3.05, 3.63) is 22.3 Å². The summed E-state index contributed by atoms with van der Waals surface area (Å²) in [4.78, 5) is 7.11. The first-order valence-electron chi connectivity index (χ1n) is 5.82. The molecule has 0 unspecified atom stereocenters. The Balaban J connectivity index is 2.06. The lowest BCUT2D eigenvalue weighted by Crippen LogP contribution is -2.55. The minimum absolute atomic E-state index is 0.521. The molecule has 0 saturated carbocycles. The van der Waals surface area contributed by atoms with Crippen molar-refractivity contribution in [2.45, 2.75) is 32.4 Å². The minimum atomic E-state index is 0.521. The molecule has 1 aromatic rings. The lowest BCUT2D eigenvalue weighted by atomic mass is 10.1. The standard InChI is InChI=1S/C12H16ClN3/c1-7-5-14-6-10-3-9-4-11(13)8(2)15-12(9)16(7)10/h4,7,10,14H,3,5-6H2,1-2H3/t7-,10-/m1/s1. The number of anilines is 1. The van der Waals surface area contributed by atoms with Crippen molar-refractivity contribution in [3.8, 4) is 0 Å². The molecule has 2 aliphatic heterocycles. The second kappa shape index (κ2) is 3.60. The summed E-state index contributed by atoms with van der Waals surface area (Å²) >= 11 is 6.13. The first-order chi connectivity index (χ1) is 7.66. The van der Waals surface area contributed by atoms with Crippen LogP contribution < -0.4 is 10.2 Å². The number of hydrogen-bond donors (Lipinski definition) is 1. The molecule has 3 rings (SSSR count). The Morgan fingerprint density at radius 1 is 1.50 bits per heavy atom. The molecule has 2 aliphatic rings. The van der Waals surface area contributed by atoms with Crippen molar-refractivity contribution in [1.82, 2.24) is 10.3 Å². The van der Waals surface area contributed by atoms with Crippen molar-refractivity contribution in [2.24, 2.45) is 0 Å². The van der Waals surface area contributed by atoms with Crippen LogP contribution in [-0.2, 0) is 6.42 Å². The van der Waals surface area contributed by atoms with E-state index in [1.54, 1.807) is 0 Å². The molecule has 4 heteroatoms. The normalized spacial score (nSPS) is 27.8. The lowest BCUT2D eigenvalue weighted by molar-refractivity contribution is 0.427. The summed E-state index contributed by atoms with van der Waals surface area (Å²) in [5.41, 5.74) is 2.24. The highest BCUT2D eigenvalue weighted by Crippen LogP contribution is 2.35. The third kappa shape index (κ3) is 1.42. The van der Waals surface area contributed by atoms with E-state index in [-0.39, 0.29) is 0 Å². The predicted octanol–water partition coefficient (Wildman–Crippen LogP) is 1.77. The van der Waals surface area contributed by atoms with E-state index >= 15 is 0 Å². The molecule has 3 heterocycles. The van der Waals surface area contributed by atoms with Crippen molar-refractivity contribution in [1.29, 1.82) is 0 Å². The summed E-state index contributed by atoms with van der Waals surface area (Å²) in [5, 5.41) is 4.26. The molecule has 0 aromatic carbocycles. The van der Waals surface area contributed by atoms with Crippen LogP contribution in [0.4, 0.5) is 5.82 Å². The number of fused-ring (bicyclic) bond motifs is 3. The molecule has 1 aromatic heterocycles. The average Bonchev–Trinajstić information content (AvgIpc) is 2.58. The summed E-state index contributed by atoms with van der Waals surface area (Å²) in [7, 11) is 0. The number of aromatic nitrogens is 1. The van der Waals surface area contributed by atoms with Gasteiger partial charge in [-0.15, -0.1) is 0 Å². The van der Waals surface area contributed by atoms with Crippen LogP contribution in [0.2, 0.25) is 5.02 Å². The molecule has 0 aliphatic carbocycles. The maximum Gasteiger partial charge on any atom is 0.132 e. The maximum atomic E-state index is 6.13. The molecule has 1 N–H and O–H groups in total. The molecule has 1 fully saturated rings. The van der Waals surface area contributed by atoms with Gasteiger partial charge in [0.15, 0.2) is 0 Å². The molecular weight excluding hydrogens is 222 g/mol. The Hall–Kier alpha value is -0.800. The Bertz CT molecular complexity index is 433. The van der Waals surface area contributed by atoms with Crippen molar-refractivity contribution >= 4 is 17.4 Å². The van der Waals surface area contributed by atoms with E-state index in [0.29, 0.717) is 12.1 Å². The third-order valence-electron chi connectivity index (χ3n) is 3.60. The number of nitrogens with zero attached hydrogens (tertiary/aromatic N) is 2. The summed E-state index contributed by atoms with van der Waals surface area (Å²) in [6.45, 7) is 6.32. The van der Waals surface area contributed by atoms with E-state index in [4.69, 9.17) is 11.6 Å². The van der Waals surface area contributed by atoms with Gasteiger partial charge in [0.2, 0.25) is 0 Å². The fourth-order valence-electron chi connectivity index (χ4n) is 2.80. The molecule has 0 bridgehead atoms.